The molecular formula is C14H12ClN3S. The summed E-state index contributed by atoms with van der Waals surface area (Å²) >= 11 is 7.39. The van der Waals surface area contributed by atoms with Crippen molar-refractivity contribution in [3.63, 3.8) is 0 Å². The zero-order chi connectivity index (χ0) is 13.1. The summed E-state index contributed by atoms with van der Waals surface area (Å²) < 4.78 is 1.91. The maximum Gasteiger partial charge on any atom is 0.123 e. The van der Waals surface area contributed by atoms with Crippen molar-refractivity contribution < 1.29 is 0 Å². The minimum absolute atomic E-state index is 0.466. The molecule has 5 heteroatoms. The molecule has 3 nitrogen and oxygen atoms in total. The molecule has 0 fully saturated rings. The second-order valence-electron chi connectivity index (χ2n) is 4.18. The monoisotopic (exact) mass is 289 g/mol. The number of benzene rings is 1. The van der Waals surface area contributed by atoms with E-state index >= 15 is 0 Å². The number of alkyl halides is 1. The third-order valence-electron chi connectivity index (χ3n) is 2.79. The number of rotatable bonds is 4. The van der Waals surface area contributed by atoms with Crippen molar-refractivity contribution in [1.82, 2.24) is 14.8 Å². The van der Waals surface area contributed by atoms with Gasteiger partial charge in [-0.1, -0.05) is 24.3 Å². The number of aromatic nitrogens is 3. The highest BCUT2D eigenvalue weighted by Crippen LogP contribution is 2.24. The molecule has 0 unspecified atom stereocenters. The lowest BCUT2D eigenvalue weighted by atomic mass is 10.1. The SMILES string of the molecule is ClCc1csc(-c2ccc(Cn3cccn3)cc2)n1. The summed E-state index contributed by atoms with van der Waals surface area (Å²) in [5.41, 5.74) is 3.29. The van der Waals surface area contributed by atoms with Crippen LogP contribution in [0.1, 0.15) is 11.3 Å². The van der Waals surface area contributed by atoms with Gasteiger partial charge in [0.2, 0.25) is 0 Å². The number of thiazole rings is 1. The van der Waals surface area contributed by atoms with E-state index < -0.39 is 0 Å². The highest BCUT2D eigenvalue weighted by molar-refractivity contribution is 7.13. The largest absolute Gasteiger partial charge is 0.268 e. The van der Waals surface area contributed by atoms with E-state index in [-0.39, 0.29) is 0 Å². The summed E-state index contributed by atoms with van der Waals surface area (Å²) in [6, 6.07) is 10.3. The number of nitrogens with zero attached hydrogens (tertiary/aromatic N) is 3. The molecule has 0 aliphatic carbocycles. The van der Waals surface area contributed by atoms with Crippen LogP contribution in [0, 0.1) is 0 Å². The van der Waals surface area contributed by atoms with Crippen molar-refractivity contribution in [2.24, 2.45) is 0 Å². The molecule has 0 spiro atoms. The molecule has 0 N–H and O–H groups in total. The first-order valence-electron chi connectivity index (χ1n) is 5.92. The highest BCUT2D eigenvalue weighted by atomic mass is 35.5. The van der Waals surface area contributed by atoms with E-state index in [1.165, 1.54) is 5.56 Å². The molecule has 0 aliphatic heterocycles. The molecule has 2 heterocycles. The first kappa shape index (κ1) is 12.4. The second-order valence-corrected chi connectivity index (χ2v) is 5.30. The van der Waals surface area contributed by atoms with E-state index in [0.717, 1.165) is 22.8 Å². The maximum absolute atomic E-state index is 5.77. The van der Waals surface area contributed by atoms with E-state index in [9.17, 15) is 0 Å². The van der Waals surface area contributed by atoms with Crippen LogP contribution in [-0.2, 0) is 12.4 Å². The van der Waals surface area contributed by atoms with E-state index in [0.29, 0.717) is 5.88 Å². The van der Waals surface area contributed by atoms with Crippen molar-refractivity contribution in [2.45, 2.75) is 12.4 Å². The van der Waals surface area contributed by atoms with Crippen LogP contribution in [0.4, 0.5) is 0 Å². The summed E-state index contributed by atoms with van der Waals surface area (Å²) in [6.07, 6.45) is 3.75. The smallest absolute Gasteiger partial charge is 0.123 e. The molecule has 0 atom stereocenters. The predicted molar refractivity (Wildman–Crippen MR) is 78.4 cm³/mol. The lowest BCUT2D eigenvalue weighted by Crippen LogP contribution is -1.99. The predicted octanol–water partition coefficient (Wildman–Crippen LogP) is 3.79. The van der Waals surface area contributed by atoms with Crippen molar-refractivity contribution in [3.8, 4) is 10.6 Å². The van der Waals surface area contributed by atoms with Crippen LogP contribution in [0.5, 0.6) is 0 Å². The molecule has 0 bridgehead atoms. The highest BCUT2D eigenvalue weighted by Gasteiger charge is 2.04. The fourth-order valence-corrected chi connectivity index (χ4v) is 2.89. The number of halogens is 1. The standard InChI is InChI=1S/C14H12ClN3S/c15-8-13-10-19-14(17-13)12-4-2-11(3-5-12)9-18-7-1-6-16-18/h1-7,10H,8-9H2. The van der Waals surface area contributed by atoms with Gasteiger partial charge in [-0.05, 0) is 11.6 Å². The Hall–Kier alpha value is -1.65. The molecule has 1 aromatic carbocycles. The molecule has 0 amide bonds. The Bertz CT molecular complexity index is 644. The zero-order valence-electron chi connectivity index (χ0n) is 10.2. The third kappa shape index (κ3) is 2.85. The van der Waals surface area contributed by atoms with Crippen molar-refractivity contribution >= 4 is 22.9 Å². The van der Waals surface area contributed by atoms with Crippen LogP contribution in [0.25, 0.3) is 10.6 Å². The second kappa shape index (κ2) is 5.55. The van der Waals surface area contributed by atoms with Crippen LogP contribution in [0.15, 0.2) is 48.1 Å². The summed E-state index contributed by atoms with van der Waals surface area (Å²) in [4.78, 5) is 4.47. The lowest BCUT2D eigenvalue weighted by Gasteiger charge is -2.03. The van der Waals surface area contributed by atoms with Crippen molar-refractivity contribution in [1.29, 1.82) is 0 Å². The Morgan fingerprint density at radius 2 is 2.05 bits per heavy atom. The molecule has 0 aliphatic rings. The molecule has 3 rings (SSSR count). The Morgan fingerprint density at radius 3 is 2.68 bits per heavy atom. The van der Waals surface area contributed by atoms with Crippen molar-refractivity contribution in [3.05, 3.63) is 59.4 Å². The third-order valence-corrected chi connectivity index (χ3v) is 4.01. The van der Waals surface area contributed by atoms with Crippen LogP contribution >= 0.6 is 22.9 Å². The quantitative estimate of drug-likeness (QED) is 0.684. The van der Waals surface area contributed by atoms with E-state index in [1.54, 1.807) is 17.5 Å². The Kier molecular flexibility index (Phi) is 3.62. The van der Waals surface area contributed by atoms with Gasteiger partial charge in [0.1, 0.15) is 5.01 Å². The summed E-state index contributed by atoms with van der Waals surface area (Å²) in [7, 11) is 0. The molecule has 0 saturated carbocycles. The number of hydrogen-bond donors (Lipinski definition) is 0. The van der Waals surface area contributed by atoms with E-state index in [4.69, 9.17) is 11.6 Å². The Labute approximate surface area is 120 Å². The fourth-order valence-electron chi connectivity index (χ4n) is 1.83. The van der Waals surface area contributed by atoms with Gasteiger partial charge in [-0.15, -0.1) is 22.9 Å². The summed E-state index contributed by atoms with van der Waals surface area (Å²) in [6.45, 7) is 0.790. The van der Waals surface area contributed by atoms with Crippen LogP contribution in [0.2, 0.25) is 0 Å². The van der Waals surface area contributed by atoms with Gasteiger partial charge in [-0.3, -0.25) is 4.68 Å². The maximum atomic E-state index is 5.77. The molecule has 19 heavy (non-hydrogen) atoms. The molecule has 2 aromatic heterocycles. The van der Waals surface area contributed by atoms with Crippen LogP contribution < -0.4 is 0 Å². The molecule has 3 aromatic rings. The summed E-state index contributed by atoms with van der Waals surface area (Å²) in [5, 5.41) is 7.21. The van der Waals surface area contributed by atoms with Gasteiger partial charge in [0.25, 0.3) is 0 Å². The lowest BCUT2D eigenvalue weighted by molar-refractivity contribution is 0.687. The Balaban J connectivity index is 1.78. The van der Waals surface area contributed by atoms with Gasteiger partial charge >= 0.3 is 0 Å². The molecule has 0 radical (unpaired) electrons. The van der Waals surface area contributed by atoms with Gasteiger partial charge in [-0.25, -0.2) is 4.98 Å². The van der Waals surface area contributed by atoms with Crippen LogP contribution in [0.3, 0.4) is 0 Å². The molecular weight excluding hydrogens is 278 g/mol. The zero-order valence-corrected chi connectivity index (χ0v) is 11.7. The van der Waals surface area contributed by atoms with Crippen molar-refractivity contribution in [2.75, 3.05) is 0 Å². The van der Waals surface area contributed by atoms with Gasteiger partial charge in [0.05, 0.1) is 18.1 Å². The average Bonchev–Trinajstić information content (AvgIpc) is 3.10. The van der Waals surface area contributed by atoms with Gasteiger partial charge in [0, 0.05) is 23.3 Å². The van der Waals surface area contributed by atoms with Gasteiger partial charge < -0.3 is 0 Å². The molecule has 0 saturated heterocycles. The van der Waals surface area contributed by atoms with E-state index in [2.05, 4.69) is 34.3 Å². The minimum atomic E-state index is 0.466. The topological polar surface area (TPSA) is 30.7 Å². The minimum Gasteiger partial charge on any atom is -0.268 e. The normalized spacial score (nSPS) is 10.8. The molecule has 96 valence electrons. The summed E-state index contributed by atoms with van der Waals surface area (Å²) in [5.74, 6) is 0.466. The fraction of sp³-hybridized carbons (Fsp3) is 0.143. The van der Waals surface area contributed by atoms with Gasteiger partial charge in [0.15, 0.2) is 0 Å². The first-order chi connectivity index (χ1) is 9.35. The van der Waals surface area contributed by atoms with Crippen LogP contribution in [-0.4, -0.2) is 14.8 Å². The average molecular weight is 290 g/mol. The van der Waals surface area contributed by atoms with E-state index in [1.807, 2.05) is 22.3 Å². The first-order valence-corrected chi connectivity index (χ1v) is 7.33. The Morgan fingerprint density at radius 1 is 1.21 bits per heavy atom. The number of hydrogen-bond acceptors (Lipinski definition) is 3. The van der Waals surface area contributed by atoms with Gasteiger partial charge in [-0.2, -0.15) is 5.10 Å².